The third kappa shape index (κ3) is 5.08. The smallest absolute Gasteiger partial charge is 0.441 e. The monoisotopic (exact) mass is 470 g/mol. The number of halogens is 8. The first-order chi connectivity index (χ1) is 14.7. The molecule has 1 unspecified atom stereocenters. The standard InChI is InChI=1S/C19H14F8N2O3/c1-2-32-16(31)17(19(25,26)27,28-11-8-6-10(7-9-11)18(22,23)24)29-15(30)14-12(20)4-3-5-13(14)21/h3-9,28H,2H2,1H3,(H,29,30). The van der Waals surface area contributed by atoms with Gasteiger partial charge in [-0.15, -0.1) is 0 Å². The molecule has 0 saturated carbocycles. The zero-order chi connectivity index (χ0) is 24.3. The van der Waals surface area contributed by atoms with Gasteiger partial charge in [-0.3, -0.25) is 4.79 Å². The van der Waals surface area contributed by atoms with Gasteiger partial charge in [0.05, 0.1) is 12.2 Å². The van der Waals surface area contributed by atoms with Crippen LogP contribution in [0.5, 0.6) is 0 Å². The third-order valence-electron chi connectivity index (χ3n) is 4.04. The molecule has 0 aliphatic rings. The Morgan fingerprint density at radius 2 is 1.44 bits per heavy atom. The molecule has 0 radical (unpaired) electrons. The van der Waals surface area contributed by atoms with Gasteiger partial charge in [0.25, 0.3) is 5.91 Å². The molecule has 2 aromatic rings. The maximum absolute atomic E-state index is 14.0. The number of carbonyl (C=O) groups is 2. The number of alkyl halides is 6. The van der Waals surface area contributed by atoms with Crippen LogP contribution in [0.2, 0.25) is 0 Å². The van der Waals surface area contributed by atoms with Crippen LogP contribution in [0.25, 0.3) is 0 Å². The van der Waals surface area contributed by atoms with Gasteiger partial charge in [0.15, 0.2) is 0 Å². The zero-order valence-electron chi connectivity index (χ0n) is 16.0. The Kier molecular flexibility index (Phi) is 7.00. The molecule has 1 atom stereocenters. The van der Waals surface area contributed by atoms with Crippen LogP contribution < -0.4 is 10.6 Å². The Labute approximate surface area is 175 Å². The number of ether oxygens (including phenoxy) is 1. The van der Waals surface area contributed by atoms with E-state index in [0.717, 1.165) is 13.0 Å². The van der Waals surface area contributed by atoms with Gasteiger partial charge in [0.2, 0.25) is 0 Å². The van der Waals surface area contributed by atoms with E-state index in [2.05, 4.69) is 4.74 Å². The molecule has 32 heavy (non-hydrogen) atoms. The highest BCUT2D eigenvalue weighted by Crippen LogP contribution is 2.35. The van der Waals surface area contributed by atoms with Crippen LogP contribution in [-0.2, 0) is 15.7 Å². The van der Waals surface area contributed by atoms with E-state index in [0.29, 0.717) is 36.4 Å². The van der Waals surface area contributed by atoms with Crippen LogP contribution in [0.4, 0.5) is 40.8 Å². The molecule has 5 nitrogen and oxygen atoms in total. The summed E-state index contributed by atoms with van der Waals surface area (Å²) in [6.07, 6.45) is -10.5. The van der Waals surface area contributed by atoms with Gasteiger partial charge in [-0.1, -0.05) is 6.07 Å². The number of carbonyl (C=O) groups excluding carboxylic acids is 2. The summed E-state index contributed by atoms with van der Waals surface area (Å²) in [5.41, 5.74) is -7.39. The summed E-state index contributed by atoms with van der Waals surface area (Å²) in [6.45, 7) is 0.560. The number of benzene rings is 2. The molecule has 0 aromatic heterocycles. The van der Waals surface area contributed by atoms with Crippen LogP contribution in [0, 0.1) is 11.6 Å². The molecule has 0 fully saturated rings. The molecular formula is C19H14F8N2O3. The minimum absolute atomic E-state index is 0.424. The molecule has 1 amide bonds. The number of rotatable bonds is 6. The first-order valence-electron chi connectivity index (χ1n) is 8.69. The van der Waals surface area contributed by atoms with Crippen molar-refractivity contribution in [2.24, 2.45) is 0 Å². The summed E-state index contributed by atoms with van der Waals surface area (Å²) in [7, 11) is 0. The largest absolute Gasteiger partial charge is 0.463 e. The van der Waals surface area contributed by atoms with Gasteiger partial charge >= 0.3 is 24.0 Å². The highest BCUT2D eigenvalue weighted by atomic mass is 19.4. The van der Waals surface area contributed by atoms with Crippen molar-refractivity contribution < 1.29 is 49.4 Å². The Hall–Kier alpha value is -3.38. The minimum atomic E-state index is -5.67. The molecule has 2 aromatic carbocycles. The van der Waals surface area contributed by atoms with E-state index in [1.807, 2.05) is 0 Å². The molecule has 0 aliphatic heterocycles. The van der Waals surface area contributed by atoms with Crippen molar-refractivity contribution >= 4 is 17.6 Å². The number of anilines is 1. The second kappa shape index (κ2) is 9.01. The fourth-order valence-corrected chi connectivity index (χ4v) is 2.54. The van der Waals surface area contributed by atoms with Crippen molar-refractivity contribution in [3.05, 3.63) is 65.2 Å². The molecule has 0 saturated heterocycles. The van der Waals surface area contributed by atoms with Crippen LogP contribution in [-0.4, -0.2) is 30.3 Å². The SMILES string of the molecule is CCOC(=O)C(NC(=O)c1c(F)cccc1F)(Nc1ccc(C(F)(F)F)cc1)C(F)(F)F. The van der Waals surface area contributed by atoms with Crippen molar-refractivity contribution in [2.75, 3.05) is 11.9 Å². The van der Waals surface area contributed by atoms with Crippen LogP contribution in [0.1, 0.15) is 22.8 Å². The van der Waals surface area contributed by atoms with E-state index < -0.39 is 64.9 Å². The molecule has 13 heteroatoms. The Bertz CT molecular complexity index is 969. The van der Waals surface area contributed by atoms with Crippen LogP contribution in [0.15, 0.2) is 42.5 Å². The molecule has 2 rings (SSSR count). The maximum Gasteiger partial charge on any atom is 0.441 e. The van der Waals surface area contributed by atoms with Crippen molar-refractivity contribution in [1.29, 1.82) is 0 Å². The van der Waals surface area contributed by atoms with Crippen molar-refractivity contribution in [1.82, 2.24) is 5.32 Å². The van der Waals surface area contributed by atoms with Gasteiger partial charge < -0.3 is 15.4 Å². The summed E-state index contributed by atoms with van der Waals surface area (Å²) in [6, 6.07) is 4.03. The Balaban J connectivity index is 2.56. The number of esters is 1. The average Bonchev–Trinajstić information content (AvgIpc) is 2.66. The van der Waals surface area contributed by atoms with Gasteiger partial charge in [-0.25, -0.2) is 13.6 Å². The quantitative estimate of drug-likeness (QED) is 0.367. The average molecular weight is 470 g/mol. The summed E-state index contributed by atoms with van der Waals surface area (Å²) in [5, 5.41) is 2.79. The van der Waals surface area contributed by atoms with E-state index in [9.17, 15) is 44.7 Å². The van der Waals surface area contributed by atoms with Gasteiger partial charge in [-0.2, -0.15) is 26.3 Å². The lowest BCUT2D eigenvalue weighted by atomic mass is 10.1. The second-order valence-corrected chi connectivity index (χ2v) is 6.22. The maximum atomic E-state index is 14.0. The lowest BCUT2D eigenvalue weighted by Gasteiger charge is -2.35. The van der Waals surface area contributed by atoms with Gasteiger partial charge in [0.1, 0.15) is 17.2 Å². The highest BCUT2D eigenvalue weighted by molar-refractivity contribution is 5.99. The summed E-state index contributed by atoms with van der Waals surface area (Å²) in [4.78, 5) is 24.6. The Morgan fingerprint density at radius 3 is 1.88 bits per heavy atom. The second-order valence-electron chi connectivity index (χ2n) is 6.22. The molecule has 0 spiro atoms. The first kappa shape index (κ1) is 24.9. The van der Waals surface area contributed by atoms with Crippen molar-refractivity contribution in [3.63, 3.8) is 0 Å². The highest BCUT2D eigenvalue weighted by Gasteiger charge is 2.64. The topological polar surface area (TPSA) is 67.4 Å². The third-order valence-corrected chi connectivity index (χ3v) is 4.04. The molecule has 174 valence electrons. The Morgan fingerprint density at radius 1 is 0.906 bits per heavy atom. The lowest BCUT2D eigenvalue weighted by Crippen LogP contribution is -2.69. The number of nitrogens with one attached hydrogen (secondary N) is 2. The van der Waals surface area contributed by atoms with Crippen LogP contribution in [0.3, 0.4) is 0 Å². The van der Waals surface area contributed by atoms with E-state index in [4.69, 9.17) is 0 Å². The first-order valence-corrected chi connectivity index (χ1v) is 8.69. The van der Waals surface area contributed by atoms with Crippen LogP contribution >= 0.6 is 0 Å². The summed E-state index contributed by atoms with van der Waals surface area (Å²) < 4.78 is 112. The normalized spacial score (nSPS) is 13.8. The molecule has 0 bridgehead atoms. The predicted octanol–water partition coefficient (Wildman–Crippen LogP) is 4.65. The van der Waals surface area contributed by atoms with E-state index in [1.165, 1.54) is 5.32 Å². The number of hydrogen-bond donors (Lipinski definition) is 2. The molecular weight excluding hydrogens is 456 g/mol. The van der Waals surface area contributed by atoms with E-state index in [-0.39, 0.29) is 0 Å². The van der Waals surface area contributed by atoms with E-state index in [1.54, 1.807) is 5.32 Å². The van der Waals surface area contributed by atoms with Gasteiger partial charge in [0, 0.05) is 5.69 Å². The number of hydrogen-bond acceptors (Lipinski definition) is 4. The minimum Gasteiger partial charge on any atom is -0.463 e. The molecule has 2 N–H and O–H groups in total. The molecule has 0 aliphatic carbocycles. The van der Waals surface area contributed by atoms with E-state index >= 15 is 0 Å². The van der Waals surface area contributed by atoms with Crippen molar-refractivity contribution in [3.8, 4) is 0 Å². The predicted molar refractivity (Wildman–Crippen MR) is 94.3 cm³/mol. The summed E-state index contributed by atoms with van der Waals surface area (Å²) >= 11 is 0. The fourth-order valence-electron chi connectivity index (χ4n) is 2.54. The molecule has 0 heterocycles. The fraction of sp³-hybridized carbons (Fsp3) is 0.263. The summed E-state index contributed by atoms with van der Waals surface area (Å²) in [5.74, 6) is -7.11. The lowest BCUT2D eigenvalue weighted by molar-refractivity contribution is -0.204. The van der Waals surface area contributed by atoms with Crippen molar-refractivity contribution in [2.45, 2.75) is 24.9 Å². The van der Waals surface area contributed by atoms with Gasteiger partial charge in [-0.05, 0) is 43.3 Å². The zero-order valence-corrected chi connectivity index (χ0v) is 16.0. The number of amides is 1.